The average molecular weight is 339 g/mol. The minimum atomic E-state index is 0.502. The summed E-state index contributed by atoms with van der Waals surface area (Å²) in [6, 6.07) is 21.7. The quantitative estimate of drug-likeness (QED) is 0.753. The zero-order chi connectivity index (χ0) is 16.8. The maximum Gasteiger partial charge on any atom is 0.169 e. The van der Waals surface area contributed by atoms with Gasteiger partial charge in [0, 0.05) is 19.1 Å². The van der Waals surface area contributed by atoms with Crippen molar-refractivity contribution in [2.45, 2.75) is 38.8 Å². The van der Waals surface area contributed by atoms with Crippen LogP contribution in [0.4, 0.5) is 0 Å². The molecule has 0 radical (unpaired) electrons. The second-order valence-corrected chi connectivity index (χ2v) is 7.05. The molecule has 1 fully saturated rings. The van der Waals surface area contributed by atoms with E-state index in [-0.39, 0.29) is 0 Å². The molecule has 1 aliphatic carbocycles. The van der Waals surface area contributed by atoms with Crippen LogP contribution in [0.5, 0.6) is 0 Å². The Morgan fingerprint density at radius 2 is 1.62 bits per heavy atom. The van der Waals surface area contributed by atoms with Gasteiger partial charge in [-0.1, -0.05) is 60.7 Å². The Labute approximate surface area is 150 Å². The summed E-state index contributed by atoms with van der Waals surface area (Å²) >= 11 is 5.73. The lowest BCUT2D eigenvalue weighted by Crippen LogP contribution is -2.45. The van der Waals surface area contributed by atoms with E-state index in [1.165, 1.54) is 24.0 Å². The van der Waals surface area contributed by atoms with Crippen molar-refractivity contribution >= 4 is 17.3 Å². The number of hydrogen-bond donors (Lipinski definition) is 1. The summed E-state index contributed by atoms with van der Waals surface area (Å²) < 4.78 is 0. The van der Waals surface area contributed by atoms with Crippen molar-refractivity contribution in [3.8, 4) is 0 Å². The first kappa shape index (κ1) is 17.0. The number of nitrogens with zero attached hydrogens (tertiary/aromatic N) is 1. The number of thiocarbonyl (C=S) groups is 1. The van der Waals surface area contributed by atoms with Gasteiger partial charge < -0.3 is 10.2 Å². The predicted molar refractivity (Wildman–Crippen MR) is 105 cm³/mol. The fourth-order valence-corrected chi connectivity index (χ4v) is 3.41. The Hall–Kier alpha value is -1.87. The van der Waals surface area contributed by atoms with E-state index >= 15 is 0 Å². The van der Waals surface area contributed by atoms with Crippen molar-refractivity contribution in [3.63, 3.8) is 0 Å². The van der Waals surface area contributed by atoms with Gasteiger partial charge in [-0.3, -0.25) is 0 Å². The minimum Gasteiger partial charge on any atom is -0.362 e. The highest BCUT2D eigenvalue weighted by Gasteiger charge is 2.33. The summed E-state index contributed by atoms with van der Waals surface area (Å²) in [6.07, 6.45) is 3.66. The predicted octanol–water partition coefficient (Wildman–Crippen LogP) is 4.40. The first-order valence-electron chi connectivity index (χ1n) is 8.86. The monoisotopic (exact) mass is 338 g/mol. The lowest BCUT2D eigenvalue weighted by molar-refractivity contribution is 0.290. The van der Waals surface area contributed by atoms with E-state index in [4.69, 9.17) is 12.2 Å². The molecule has 126 valence electrons. The van der Waals surface area contributed by atoms with Crippen LogP contribution < -0.4 is 5.32 Å². The molecule has 0 aromatic heterocycles. The minimum absolute atomic E-state index is 0.502. The molecular weight excluding hydrogens is 312 g/mol. The van der Waals surface area contributed by atoms with Gasteiger partial charge in [-0.25, -0.2) is 0 Å². The van der Waals surface area contributed by atoms with E-state index in [9.17, 15) is 0 Å². The zero-order valence-electron chi connectivity index (χ0n) is 14.3. The highest BCUT2D eigenvalue weighted by Crippen LogP contribution is 2.35. The van der Waals surface area contributed by atoms with E-state index in [0.717, 1.165) is 30.5 Å². The van der Waals surface area contributed by atoms with Gasteiger partial charge in [0.15, 0.2) is 5.11 Å². The third kappa shape index (κ3) is 4.81. The summed E-state index contributed by atoms with van der Waals surface area (Å²) in [7, 11) is 0. The van der Waals surface area contributed by atoms with Gasteiger partial charge in [0.25, 0.3) is 0 Å². The van der Waals surface area contributed by atoms with Gasteiger partial charge in [0.2, 0.25) is 0 Å². The lowest BCUT2D eigenvalue weighted by atomic mass is 10.1. The summed E-state index contributed by atoms with van der Waals surface area (Å²) in [4.78, 5) is 2.37. The molecule has 0 bridgehead atoms. The molecule has 0 unspecified atom stereocenters. The molecule has 0 saturated heterocycles. The number of benzene rings is 2. The van der Waals surface area contributed by atoms with E-state index in [0.29, 0.717) is 6.04 Å². The van der Waals surface area contributed by atoms with Gasteiger partial charge in [0.05, 0.1) is 0 Å². The molecule has 2 nitrogen and oxygen atoms in total. The van der Waals surface area contributed by atoms with Crippen molar-refractivity contribution < 1.29 is 0 Å². The molecule has 0 amide bonds. The molecule has 0 spiro atoms. The Balaban J connectivity index is 1.58. The third-order valence-electron chi connectivity index (χ3n) is 4.79. The molecular formula is C21H26N2S. The van der Waals surface area contributed by atoms with Crippen molar-refractivity contribution in [3.05, 3.63) is 71.8 Å². The fraction of sp³-hybridized carbons (Fsp3) is 0.381. The van der Waals surface area contributed by atoms with Crippen LogP contribution >= 0.6 is 12.2 Å². The Morgan fingerprint density at radius 3 is 2.21 bits per heavy atom. The van der Waals surface area contributed by atoms with Crippen LogP contribution in [-0.4, -0.2) is 22.6 Å². The van der Waals surface area contributed by atoms with E-state index < -0.39 is 0 Å². The highest BCUT2D eigenvalue weighted by atomic mass is 32.1. The van der Waals surface area contributed by atoms with Crippen molar-refractivity contribution in [1.29, 1.82) is 0 Å². The SMILES string of the molecule is C[C@@H](C1CC1)N(Cc1ccccc1)C(=S)NCCc1ccccc1. The molecule has 1 saturated carbocycles. The molecule has 24 heavy (non-hydrogen) atoms. The normalized spacial score (nSPS) is 14.9. The number of nitrogens with one attached hydrogen (secondary N) is 1. The van der Waals surface area contributed by atoms with E-state index in [2.05, 4.69) is 77.8 Å². The molecule has 0 heterocycles. The van der Waals surface area contributed by atoms with Crippen LogP contribution in [0.1, 0.15) is 30.9 Å². The first-order valence-corrected chi connectivity index (χ1v) is 9.27. The third-order valence-corrected chi connectivity index (χ3v) is 5.16. The summed E-state index contributed by atoms with van der Waals surface area (Å²) in [6.45, 7) is 4.08. The fourth-order valence-electron chi connectivity index (χ4n) is 3.07. The average Bonchev–Trinajstić information content (AvgIpc) is 3.46. The van der Waals surface area contributed by atoms with Crippen molar-refractivity contribution in [2.24, 2.45) is 5.92 Å². The summed E-state index contributed by atoms with van der Waals surface area (Å²) in [5.41, 5.74) is 2.66. The number of hydrogen-bond acceptors (Lipinski definition) is 1. The highest BCUT2D eigenvalue weighted by molar-refractivity contribution is 7.80. The van der Waals surface area contributed by atoms with Crippen LogP contribution in [0.2, 0.25) is 0 Å². The topological polar surface area (TPSA) is 15.3 Å². The Kier molecular flexibility index (Phi) is 5.86. The van der Waals surface area contributed by atoms with E-state index in [1.807, 2.05) is 0 Å². The van der Waals surface area contributed by atoms with Gasteiger partial charge in [-0.2, -0.15) is 0 Å². The molecule has 1 atom stereocenters. The smallest absolute Gasteiger partial charge is 0.169 e. The molecule has 1 N–H and O–H groups in total. The Bertz CT molecular complexity index is 637. The van der Waals surface area contributed by atoms with Gasteiger partial charge in [-0.15, -0.1) is 0 Å². The maximum absolute atomic E-state index is 5.73. The Morgan fingerprint density at radius 1 is 1.04 bits per heavy atom. The van der Waals surface area contributed by atoms with Crippen LogP contribution in [0, 0.1) is 5.92 Å². The standard InChI is InChI=1S/C21H26N2S/c1-17(20-12-13-20)23(16-19-10-6-3-7-11-19)21(24)22-15-14-18-8-4-2-5-9-18/h2-11,17,20H,12-16H2,1H3,(H,22,24)/t17-/m0/s1. The van der Waals surface area contributed by atoms with E-state index in [1.54, 1.807) is 0 Å². The maximum atomic E-state index is 5.73. The van der Waals surface area contributed by atoms with Gasteiger partial charge in [0.1, 0.15) is 0 Å². The molecule has 2 aromatic carbocycles. The van der Waals surface area contributed by atoms with Gasteiger partial charge >= 0.3 is 0 Å². The van der Waals surface area contributed by atoms with Crippen molar-refractivity contribution in [1.82, 2.24) is 10.2 Å². The second kappa shape index (κ2) is 8.29. The summed E-state index contributed by atoms with van der Waals surface area (Å²) in [5.74, 6) is 0.794. The first-order chi connectivity index (χ1) is 11.7. The number of rotatable bonds is 7. The summed E-state index contributed by atoms with van der Waals surface area (Å²) in [5, 5.41) is 4.36. The molecule has 2 aromatic rings. The lowest BCUT2D eigenvalue weighted by Gasteiger charge is -2.32. The van der Waals surface area contributed by atoms with Crippen LogP contribution in [0.3, 0.4) is 0 Å². The largest absolute Gasteiger partial charge is 0.362 e. The van der Waals surface area contributed by atoms with Crippen LogP contribution in [0.15, 0.2) is 60.7 Å². The van der Waals surface area contributed by atoms with Gasteiger partial charge in [-0.05, 0) is 55.4 Å². The van der Waals surface area contributed by atoms with Crippen molar-refractivity contribution in [2.75, 3.05) is 6.54 Å². The molecule has 3 rings (SSSR count). The molecule has 0 aliphatic heterocycles. The molecule has 1 aliphatic rings. The van der Waals surface area contributed by atoms with Crippen LogP contribution in [-0.2, 0) is 13.0 Å². The van der Waals surface area contributed by atoms with Crippen LogP contribution in [0.25, 0.3) is 0 Å². The molecule has 3 heteroatoms. The zero-order valence-corrected chi connectivity index (χ0v) is 15.1. The second-order valence-electron chi connectivity index (χ2n) is 6.66.